The molecule has 0 aliphatic heterocycles. The van der Waals surface area contributed by atoms with Crippen molar-refractivity contribution in [2.75, 3.05) is 0 Å². The Bertz CT molecular complexity index is 1770. The van der Waals surface area contributed by atoms with Crippen molar-refractivity contribution in [3.05, 3.63) is 88.0 Å². The molecule has 284 valence electrons. The highest BCUT2D eigenvalue weighted by Crippen LogP contribution is 2.53. The van der Waals surface area contributed by atoms with Gasteiger partial charge in [-0.3, -0.25) is 28.8 Å². The molecule has 0 aromatic heterocycles. The van der Waals surface area contributed by atoms with Gasteiger partial charge in [-0.15, -0.1) is 0 Å². The lowest BCUT2D eigenvalue weighted by Crippen LogP contribution is -2.33. The highest BCUT2D eigenvalue weighted by Gasteiger charge is 2.40. The van der Waals surface area contributed by atoms with Crippen LogP contribution in [0.25, 0.3) is 0 Å². The van der Waals surface area contributed by atoms with Gasteiger partial charge in [-0.2, -0.15) is 4.57 Å². The maximum absolute atomic E-state index is 15.2. The van der Waals surface area contributed by atoms with Crippen molar-refractivity contribution >= 4 is 42.5 Å². The average molecular weight is 753 g/mol. The number of ketones is 6. The SMILES string of the molecule is CC(N)C(=O)c1cccc(OP(=O)(Oc2cccc(C(=O)C(C)N)c2C(=O)C(C)N)Oc2cccc(C(=O)C(C)N)c2C(=O)C(C)N)c1C(=O)C(C)N. The lowest BCUT2D eigenvalue weighted by molar-refractivity contribution is 0.0931. The van der Waals surface area contributed by atoms with E-state index in [1.165, 1.54) is 96.1 Å². The fourth-order valence-corrected chi connectivity index (χ4v) is 6.33. The lowest BCUT2D eigenvalue weighted by atomic mass is 9.94. The monoisotopic (exact) mass is 752 g/mol. The van der Waals surface area contributed by atoms with Crippen molar-refractivity contribution in [1.29, 1.82) is 0 Å². The Balaban J connectivity index is 2.46. The summed E-state index contributed by atoms with van der Waals surface area (Å²) in [6.07, 6.45) is 0. The van der Waals surface area contributed by atoms with Gasteiger partial charge in [-0.1, -0.05) is 36.4 Å². The summed E-state index contributed by atoms with van der Waals surface area (Å²) in [5.41, 5.74) is 33.4. The number of carbonyl (C=O) groups is 6. The molecule has 6 unspecified atom stereocenters. The number of hydrogen-bond acceptors (Lipinski definition) is 16. The number of phosphoric ester groups is 1. The molecule has 0 amide bonds. The summed E-state index contributed by atoms with van der Waals surface area (Å²) in [4.78, 5) is 80.2. The highest BCUT2D eigenvalue weighted by atomic mass is 31.2. The standard InChI is InChI=1S/C36H45N6O10P/c1-16(37)31(43)22-10-7-13-25(28(22)34(46)19(4)40)50-53(49,51-26-14-8-11-23(32(44)17(2)38)29(26)35(47)20(5)41)52-27-15-9-12-24(33(45)18(3)39)30(27)36(48)21(6)42/h7-21H,37-42H2,1-6H3. The molecule has 17 heteroatoms. The molecular formula is C36H45N6O10P. The zero-order valence-corrected chi connectivity index (χ0v) is 31.0. The van der Waals surface area contributed by atoms with Crippen LogP contribution in [0.15, 0.2) is 54.6 Å². The molecule has 3 aromatic rings. The van der Waals surface area contributed by atoms with E-state index in [0.29, 0.717) is 0 Å². The molecule has 0 heterocycles. The minimum atomic E-state index is -5.40. The molecule has 0 spiro atoms. The Morgan fingerprint density at radius 1 is 0.415 bits per heavy atom. The van der Waals surface area contributed by atoms with Gasteiger partial charge >= 0.3 is 7.82 Å². The van der Waals surface area contributed by atoms with Gasteiger partial charge in [0, 0.05) is 16.7 Å². The van der Waals surface area contributed by atoms with E-state index in [0.717, 1.165) is 0 Å². The molecule has 53 heavy (non-hydrogen) atoms. The quantitative estimate of drug-likeness (QED) is 0.0803. The zero-order valence-electron chi connectivity index (χ0n) is 30.2. The highest BCUT2D eigenvalue weighted by molar-refractivity contribution is 7.49. The van der Waals surface area contributed by atoms with Crippen molar-refractivity contribution in [2.45, 2.75) is 77.8 Å². The largest absolute Gasteiger partial charge is 0.647 e. The molecule has 0 saturated carbocycles. The van der Waals surface area contributed by atoms with E-state index >= 15 is 4.57 Å². The molecule has 16 nitrogen and oxygen atoms in total. The summed E-state index contributed by atoms with van der Waals surface area (Å²) in [7, 11) is -5.40. The van der Waals surface area contributed by atoms with Crippen molar-refractivity contribution in [2.24, 2.45) is 34.4 Å². The van der Waals surface area contributed by atoms with Crippen LogP contribution < -0.4 is 48.0 Å². The average Bonchev–Trinajstić information content (AvgIpc) is 3.08. The first kappa shape index (κ1) is 42.5. The molecule has 0 bridgehead atoms. The van der Waals surface area contributed by atoms with E-state index in [1.54, 1.807) is 0 Å². The number of phosphoric acid groups is 1. The Morgan fingerprint density at radius 2 is 0.623 bits per heavy atom. The van der Waals surface area contributed by atoms with Crippen molar-refractivity contribution in [1.82, 2.24) is 0 Å². The second-order valence-electron chi connectivity index (χ2n) is 12.7. The topological polar surface area (TPSA) is 303 Å². The van der Waals surface area contributed by atoms with Crippen LogP contribution in [0, 0.1) is 0 Å². The number of nitrogens with two attached hydrogens (primary N) is 6. The van der Waals surface area contributed by atoms with E-state index in [1.807, 2.05) is 0 Å². The summed E-state index contributed by atoms with van der Waals surface area (Å²) in [5, 5.41) is 0. The first-order valence-corrected chi connectivity index (χ1v) is 18.0. The normalized spacial score (nSPS) is 15.8. The lowest BCUT2D eigenvalue weighted by Gasteiger charge is -2.25. The van der Waals surface area contributed by atoms with Crippen LogP contribution in [0.5, 0.6) is 17.2 Å². The Hall–Kier alpha value is -4.93. The summed E-state index contributed by atoms with van der Waals surface area (Å²) in [6.45, 7) is 8.17. The van der Waals surface area contributed by atoms with Gasteiger partial charge in [0.25, 0.3) is 0 Å². The van der Waals surface area contributed by atoms with Gasteiger partial charge in [0.05, 0.1) is 52.9 Å². The van der Waals surface area contributed by atoms with E-state index in [2.05, 4.69) is 0 Å². The molecule has 12 N–H and O–H groups in total. The minimum absolute atomic E-state index is 0.235. The van der Waals surface area contributed by atoms with Crippen LogP contribution in [-0.2, 0) is 4.57 Å². The fourth-order valence-electron chi connectivity index (χ4n) is 5.04. The summed E-state index contributed by atoms with van der Waals surface area (Å²) in [6, 6.07) is 4.31. The zero-order chi connectivity index (χ0) is 40.1. The minimum Gasteiger partial charge on any atom is -0.385 e. The van der Waals surface area contributed by atoms with Crippen LogP contribution in [0.2, 0.25) is 0 Å². The predicted octanol–water partition coefficient (Wildman–Crippen LogP) is 2.51. The molecule has 6 atom stereocenters. The summed E-state index contributed by atoms with van der Waals surface area (Å²) >= 11 is 0. The van der Waals surface area contributed by atoms with E-state index in [4.69, 9.17) is 48.0 Å². The van der Waals surface area contributed by atoms with Gasteiger partial charge in [-0.25, -0.2) is 0 Å². The number of Topliss-reactive ketones (excluding diaryl/α,β-unsaturated/α-hetero) is 6. The van der Waals surface area contributed by atoms with E-state index < -0.39 is 113 Å². The first-order chi connectivity index (χ1) is 24.6. The molecule has 0 aliphatic rings. The third-order valence-electron chi connectivity index (χ3n) is 7.73. The van der Waals surface area contributed by atoms with Crippen molar-refractivity contribution in [3.63, 3.8) is 0 Å². The van der Waals surface area contributed by atoms with Gasteiger partial charge in [0.1, 0.15) is 17.2 Å². The number of hydrogen-bond donors (Lipinski definition) is 6. The smallest absolute Gasteiger partial charge is 0.385 e. The molecular weight excluding hydrogens is 707 g/mol. The molecule has 3 aromatic carbocycles. The third-order valence-corrected chi connectivity index (χ3v) is 8.99. The number of rotatable bonds is 18. The molecule has 0 radical (unpaired) electrons. The van der Waals surface area contributed by atoms with Crippen LogP contribution in [0.4, 0.5) is 0 Å². The summed E-state index contributed by atoms with van der Waals surface area (Å²) in [5.74, 6) is -6.18. The van der Waals surface area contributed by atoms with Crippen LogP contribution >= 0.6 is 7.82 Å². The third kappa shape index (κ3) is 9.55. The number of carbonyl (C=O) groups excluding carboxylic acids is 6. The first-order valence-electron chi connectivity index (χ1n) is 16.5. The van der Waals surface area contributed by atoms with Gasteiger partial charge < -0.3 is 48.0 Å². The molecule has 0 fully saturated rings. The summed E-state index contributed by atoms with van der Waals surface area (Å²) < 4.78 is 32.9. The van der Waals surface area contributed by atoms with Gasteiger partial charge in [0.15, 0.2) is 34.7 Å². The van der Waals surface area contributed by atoms with E-state index in [9.17, 15) is 28.8 Å². The van der Waals surface area contributed by atoms with Gasteiger partial charge in [-0.05, 0) is 59.7 Å². The molecule has 0 saturated heterocycles. The second-order valence-corrected chi connectivity index (χ2v) is 14.1. The van der Waals surface area contributed by atoms with Crippen LogP contribution in [0.1, 0.15) is 104 Å². The maximum Gasteiger partial charge on any atom is 0.647 e. The molecule has 3 rings (SSSR count). The number of benzene rings is 3. The predicted molar refractivity (Wildman–Crippen MR) is 197 cm³/mol. The van der Waals surface area contributed by atoms with Crippen molar-refractivity contribution < 1.29 is 46.9 Å². The Morgan fingerprint density at radius 3 is 0.811 bits per heavy atom. The van der Waals surface area contributed by atoms with Crippen LogP contribution in [0.3, 0.4) is 0 Å². The van der Waals surface area contributed by atoms with Crippen molar-refractivity contribution in [3.8, 4) is 17.2 Å². The second kappa shape index (κ2) is 17.3. The van der Waals surface area contributed by atoms with E-state index in [-0.39, 0.29) is 16.7 Å². The molecule has 0 aliphatic carbocycles. The Kier molecular flexibility index (Phi) is 13.8. The Labute approximate surface area is 306 Å². The fraction of sp³-hybridized carbons (Fsp3) is 0.333. The van der Waals surface area contributed by atoms with Gasteiger partial charge in [0.2, 0.25) is 0 Å². The van der Waals surface area contributed by atoms with Crippen LogP contribution in [-0.4, -0.2) is 71.0 Å². The maximum atomic E-state index is 15.2.